The van der Waals surface area contributed by atoms with Crippen LogP contribution in [0.4, 0.5) is 0 Å². The molecule has 0 N–H and O–H groups in total. The van der Waals surface area contributed by atoms with E-state index in [1.165, 1.54) is 0 Å². The number of imidazole rings is 1. The number of aromatic nitrogens is 3. The van der Waals surface area contributed by atoms with Gasteiger partial charge in [0.15, 0.2) is 0 Å². The highest BCUT2D eigenvalue weighted by Crippen LogP contribution is 2.33. The molecule has 0 fully saturated rings. The molecular weight excluding hydrogens is 376 g/mol. The number of hydrogen-bond acceptors (Lipinski definition) is 5. The Balaban J connectivity index is 1.77. The summed E-state index contributed by atoms with van der Waals surface area (Å²) in [6, 6.07) is 18.1. The quantitative estimate of drug-likeness (QED) is 0.463. The molecule has 0 bridgehead atoms. The molecule has 0 aliphatic carbocycles. The lowest BCUT2D eigenvalue weighted by atomic mass is 9.93. The molecule has 150 valence electrons. The normalized spacial score (nSPS) is 11.9. The average molecular weight is 398 g/mol. The van der Waals surface area contributed by atoms with Crippen LogP contribution in [0.5, 0.6) is 0 Å². The molecule has 4 aromatic rings. The van der Waals surface area contributed by atoms with Crippen LogP contribution in [0.25, 0.3) is 11.1 Å². The fourth-order valence-corrected chi connectivity index (χ4v) is 3.55. The smallest absolute Gasteiger partial charge is 0.134 e. The highest BCUT2D eigenvalue weighted by molar-refractivity contribution is 5.74. The van der Waals surface area contributed by atoms with Crippen molar-refractivity contribution in [3.63, 3.8) is 0 Å². The molecule has 0 amide bonds. The average Bonchev–Trinajstić information content (AvgIpc) is 3.36. The maximum absolute atomic E-state index is 9.67. The van der Waals surface area contributed by atoms with Crippen molar-refractivity contribution in [3.05, 3.63) is 94.9 Å². The first-order valence-corrected chi connectivity index (χ1v) is 9.67. The Labute approximate surface area is 175 Å². The van der Waals surface area contributed by atoms with Crippen LogP contribution in [0.1, 0.15) is 39.9 Å². The largest absolute Gasteiger partial charge is 0.361 e. The predicted octanol–water partition coefficient (Wildman–Crippen LogP) is 4.87. The SMILES string of the molecule is Cc1cc(COC(c2ccc(C#N)c(-c3ccccc3C)c2)c2cncn2C)no1. The van der Waals surface area contributed by atoms with Crippen molar-refractivity contribution >= 4 is 0 Å². The second kappa shape index (κ2) is 8.36. The maximum Gasteiger partial charge on any atom is 0.134 e. The minimum absolute atomic E-state index is 0.298. The molecule has 2 aromatic heterocycles. The van der Waals surface area contributed by atoms with Gasteiger partial charge in [-0.1, -0.05) is 35.5 Å². The van der Waals surface area contributed by atoms with E-state index in [2.05, 4.69) is 16.2 Å². The number of rotatable bonds is 6. The molecular formula is C24H22N4O2. The Hall–Kier alpha value is -3.69. The zero-order valence-electron chi connectivity index (χ0n) is 17.2. The van der Waals surface area contributed by atoms with Gasteiger partial charge >= 0.3 is 0 Å². The van der Waals surface area contributed by atoms with Crippen LogP contribution in [0.15, 0.2) is 65.6 Å². The van der Waals surface area contributed by atoms with Crippen LogP contribution in [0.3, 0.4) is 0 Å². The summed E-state index contributed by atoms with van der Waals surface area (Å²) in [4.78, 5) is 4.25. The minimum atomic E-state index is -0.370. The van der Waals surface area contributed by atoms with Crippen LogP contribution in [-0.2, 0) is 18.4 Å². The van der Waals surface area contributed by atoms with Crippen molar-refractivity contribution in [1.29, 1.82) is 5.26 Å². The lowest BCUT2D eigenvalue weighted by molar-refractivity contribution is 0.0585. The summed E-state index contributed by atoms with van der Waals surface area (Å²) in [5, 5.41) is 13.7. The predicted molar refractivity (Wildman–Crippen MR) is 112 cm³/mol. The molecule has 6 nitrogen and oxygen atoms in total. The molecule has 0 aliphatic rings. The summed E-state index contributed by atoms with van der Waals surface area (Å²) in [5.41, 5.74) is 6.25. The van der Waals surface area contributed by atoms with Gasteiger partial charge in [-0.2, -0.15) is 5.26 Å². The third-order valence-electron chi connectivity index (χ3n) is 5.10. The van der Waals surface area contributed by atoms with Crippen molar-refractivity contribution in [3.8, 4) is 17.2 Å². The molecule has 2 aromatic carbocycles. The monoisotopic (exact) mass is 398 g/mol. The molecule has 1 unspecified atom stereocenters. The molecule has 30 heavy (non-hydrogen) atoms. The summed E-state index contributed by atoms with van der Waals surface area (Å²) >= 11 is 0. The van der Waals surface area contributed by atoms with Gasteiger partial charge in [0.1, 0.15) is 17.6 Å². The van der Waals surface area contributed by atoms with Crippen LogP contribution in [-0.4, -0.2) is 14.7 Å². The summed E-state index contributed by atoms with van der Waals surface area (Å²) in [6.07, 6.45) is 3.17. The zero-order valence-corrected chi connectivity index (χ0v) is 17.2. The van der Waals surface area contributed by atoms with Crippen LogP contribution in [0.2, 0.25) is 0 Å². The maximum atomic E-state index is 9.67. The first kappa shape index (κ1) is 19.6. The zero-order chi connectivity index (χ0) is 21.1. The van der Waals surface area contributed by atoms with Crippen LogP contribution in [0, 0.1) is 25.2 Å². The Morgan fingerprint density at radius 3 is 2.63 bits per heavy atom. The second-order valence-electron chi connectivity index (χ2n) is 7.28. The number of nitriles is 1. The highest BCUT2D eigenvalue weighted by Gasteiger charge is 2.21. The van der Waals surface area contributed by atoms with Crippen LogP contribution >= 0.6 is 0 Å². The van der Waals surface area contributed by atoms with E-state index in [-0.39, 0.29) is 6.10 Å². The molecule has 2 heterocycles. The van der Waals surface area contributed by atoms with Crippen molar-refractivity contribution < 1.29 is 9.26 Å². The van der Waals surface area contributed by atoms with E-state index < -0.39 is 0 Å². The number of nitrogens with zero attached hydrogens (tertiary/aromatic N) is 4. The van der Waals surface area contributed by atoms with E-state index in [1.54, 1.807) is 12.5 Å². The summed E-state index contributed by atoms with van der Waals surface area (Å²) < 4.78 is 13.4. The van der Waals surface area contributed by atoms with E-state index in [4.69, 9.17) is 9.26 Å². The van der Waals surface area contributed by atoms with Gasteiger partial charge in [0.25, 0.3) is 0 Å². The van der Waals surface area contributed by atoms with Crippen molar-refractivity contribution in [2.24, 2.45) is 7.05 Å². The third kappa shape index (κ3) is 3.88. The molecule has 1 atom stereocenters. The standard InChI is InChI=1S/C24H22N4O2/c1-16-6-4-5-7-21(16)22-11-18(8-9-19(22)12-25)24(23-13-26-15-28(23)3)29-14-20-10-17(2)30-27-20/h4-11,13,15,24H,14H2,1-3H3. The van der Waals surface area contributed by atoms with Gasteiger partial charge in [0.05, 0.1) is 36.5 Å². The lowest BCUT2D eigenvalue weighted by Gasteiger charge is -2.20. The fraction of sp³-hybridized carbons (Fsp3) is 0.208. The molecule has 0 saturated carbocycles. The van der Waals surface area contributed by atoms with E-state index >= 15 is 0 Å². The highest BCUT2D eigenvalue weighted by atomic mass is 16.5. The van der Waals surface area contributed by atoms with Crippen LogP contribution < -0.4 is 0 Å². The van der Waals surface area contributed by atoms with Gasteiger partial charge in [-0.05, 0) is 42.7 Å². The van der Waals surface area contributed by atoms with Crippen molar-refractivity contribution in [2.75, 3.05) is 0 Å². The molecule has 0 spiro atoms. The van der Waals surface area contributed by atoms with Crippen molar-refractivity contribution in [1.82, 2.24) is 14.7 Å². The van der Waals surface area contributed by atoms with Gasteiger partial charge < -0.3 is 13.8 Å². The van der Waals surface area contributed by atoms with Gasteiger partial charge in [-0.25, -0.2) is 4.98 Å². The molecule has 4 rings (SSSR count). The van der Waals surface area contributed by atoms with E-state index in [1.807, 2.05) is 74.0 Å². The van der Waals surface area contributed by atoms with Gasteiger partial charge in [-0.3, -0.25) is 0 Å². The van der Waals surface area contributed by atoms with E-state index in [0.29, 0.717) is 12.2 Å². The number of ether oxygens (including phenoxy) is 1. The minimum Gasteiger partial charge on any atom is -0.361 e. The lowest BCUT2D eigenvalue weighted by Crippen LogP contribution is -2.11. The Morgan fingerprint density at radius 2 is 1.97 bits per heavy atom. The fourth-order valence-electron chi connectivity index (χ4n) is 3.55. The Morgan fingerprint density at radius 1 is 1.13 bits per heavy atom. The molecule has 6 heteroatoms. The second-order valence-corrected chi connectivity index (χ2v) is 7.28. The number of benzene rings is 2. The molecule has 0 saturated heterocycles. The molecule has 0 aliphatic heterocycles. The summed E-state index contributed by atoms with van der Waals surface area (Å²) in [6.45, 7) is 4.20. The van der Waals surface area contributed by atoms with Gasteiger partial charge in [0, 0.05) is 18.7 Å². The Kier molecular flexibility index (Phi) is 5.46. The number of hydrogen-bond donors (Lipinski definition) is 0. The summed E-state index contributed by atoms with van der Waals surface area (Å²) in [5.74, 6) is 0.742. The summed E-state index contributed by atoms with van der Waals surface area (Å²) in [7, 11) is 1.94. The first-order chi connectivity index (χ1) is 14.6. The van der Waals surface area contributed by atoms with Crippen molar-refractivity contribution in [2.45, 2.75) is 26.6 Å². The van der Waals surface area contributed by atoms with E-state index in [9.17, 15) is 5.26 Å². The van der Waals surface area contributed by atoms with Gasteiger partial charge in [0.2, 0.25) is 0 Å². The topological polar surface area (TPSA) is 76.9 Å². The van der Waals surface area contributed by atoms with E-state index in [0.717, 1.165) is 39.4 Å². The Bertz CT molecular complexity index is 1220. The molecule has 0 radical (unpaired) electrons. The third-order valence-corrected chi connectivity index (χ3v) is 5.10. The number of aryl methyl sites for hydroxylation is 3. The van der Waals surface area contributed by atoms with Gasteiger partial charge in [-0.15, -0.1) is 0 Å². The first-order valence-electron chi connectivity index (χ1n) is 9.67.